The van der Waals surface area contributed by atoms with Crippen molar-refractivity contribution in [3.05, 3.63) is 35.9 Å². The van der Waals surface area contributed by atoms with Crippen LogP contribution in [0.25, 0.3) is 0 Å². The minimum Gasteiger partial charge on any atom is -0.383 e. The summed E-state index contributed by atoms with van der Waals surface area (Å²) in [5.41, 5.74) is 1.37. The molecule has 0 spiro atoms. The highest BCUT2D eigenvalue weighted by atomic mass is 16.5. The summed E-state index contributed by atoms with van der Waals surface area (Å²) in [6.45, 7) is 9.51. The Morgan fingerprint density at radius 3 is 2.40 bits per heavy atom. The molecule has 0 radical (unpaired) electrons. The Labute approximate surface area is 124 Å². The van der Waals surface area contributed by atoms with Gasteiger partial charge in [0.15, 0.2) is 0 Å². The highest BCUT2D eigenvalue weighted by Gasteiger charge is 2.21. The molecule has 3 heteroatoms. The van der Waals surface area contributed by atoms with E-state index >= 15 is 0 Å². The Morgan fingerprint density at radius 2 is 1.85 bits per heavy atom. The zero-order valence-electron chi connectivity index (χ0n) is 13.6. The fourth-order valence-corrected chi connectivity index (χ4v) is 2.64. The van der Waals surface area contributed by atoms with E-state index in [9.17, 15) is 0 Å². The number of ether oxygens (including phenoxy) is 1. The quantitative estimate of drug-likeness (QED) is 0.751. The van der Waals surface area contributed by atoms with E-state index in [1.165, 1.54) is 5.56 Å². The molecule has 0 aromatic heterocycles. The number of hydrogen-bond acceptors (Lipinski definition) is 3. The molecule has 0 saturated carbocycles. The molecule has 3 nitrogen and oxygen atoms in total. The summed E-state index contributed by atoms with van der Waals surface area (Å²) in [5.74, 6) is 0.543. The minimum atomic E-state index is 0.401. The van der Waals surface area contributed by atoms with Gasteiger partial charge in [-0.3, -0.25) is 0 Å². The van der Waals surface area contributed by atoms with Gasteiger partial charge in [0.05, 0.1) is 6.61 Å². The van der Waals surface area contributed by atoms with Gasteiger partial charge >= 0.3 is 0 Å². The second-order valence-electron chi connectivity index (χ2n) is 5.67. The van der Waals surface area contributed by atoms with Crippen molar-refractivity contribution in [2.75, 3.05) is 33.9 Å². The monoisotopic (exact) mass is 278 g/mol. The first-order chi connectivity index (χ1) is 9.60. The number of hydrogen-bond donors (Lipinski definition) is 1. The van der Waals surface area contributed by atoms with Crippen LogP contribution in [-0.4, -0.2) is 44.8 Å². The van der Waals surface area contributed by atoms with E-state index in [-0.39, 0.29) is 0 Å². The number of benzene rings is 1. The summed E-state index contributed by atoms with van der Waals surface area (Å²) < 4.78 is 5.24. The first kappa shape index (κ1) is 17.2. The van der Waals surface area contributed by atoms with Crippen LogP contribution >= 0.6 is 0 Å². The zero-order chi connectivity index (χ0) is 15.0. The maximum absolute atomic E-state index is 5.24. The third-order valence-electron chi connectivity index (χ3n) is 3.89. The van der Waals surface area contributed by atoms with Gasteiger partial charge in [0.1, 0.15) is 0 Å². The first-order valence-corrected chi connectivity index (χ1v) is 7.57. The Kier molecular flexibility index (Phi) is 7.82. The van der Waals surface area contributed by atoms with Gasteiger partial charge in [0, 0.05) is 25.7 Å². The summed E-state index contributed by atoms with van der Waals surface area (Å²) in [6.07, 6.45) is 0. The van der Waals surface area contributed by atoms with Crippen LogP contribution in [0.1, 0.15) is 32.4 Å². The fourth-order valence-electron chi connectivity index (χ4n) is 2.64. The summed E-state index contributed by atoms with van der Waals surface area (Å²) in [6, 6.07) is 11.6. The first-order valence-electron chi connectivity index (χ1n) is 7.57. The molecular formula is C17H30N2O. The lowest BCUT2D eigenvalue weighted by molar-refractivity contribution is 0.102. The fraction of sp³-hybridized carbons (Fsp3) is 0.647. The molecule has 1 aromatic carbocycles. The van der Waals surface area contributed by atoms with Gasteiger partial charge < -0.3 is 15.0 Å². The largest absolute Gasteiger partial charge is 0.383 e. The molecule has 114 valence electrons. The van der Waals surface area contributed by atoms with Crippen LogP contribution in [-0.2, 0) is 4.74 Å². The van der Waals surface area contributed by atoms with Gasteiger partial charge in [0.25, 0.3) is 0 Å². The minimum absolute atomic E-state index is 0.401. The van der Waals surface area contributed by atoms with Crippen molar-refractivity contribution >= 4 is 0 Å². The molecule has 0 bridgehead atoms. The second-order valence-corrected chi connectivity index (χ2v) is 5.67. The van der Waals surface area contributed by atoms with Crippen molar-refractivity contribution < 1.29 is 4.74 Å². The molecule has 0 aliphatic heterocycles. The van der Waals surface area contributed by atoms with Gasteiger partial charge in [-0.05, 0) is 32.0 Å². The average Bonchev–Trinajstić information content (AvgIpc) is 2.45. The predicted octanol–water partition coefficient (Wildman–Crippen LogP) is 2.94. The Balaban J connectivity index is 2.67. The number of nitrogens with zero attached hydrogens (tertiary/aromatic N) is 1. The van der Waals surface area contributed by atoms with Crippen molar-refractivity contribution in [3.8, 4) is 0 Å². The molecule has 0 saturated heterocycles. The number of likely N-dealkylation sites (N-methyl/N-ethyl adjacent to an activating group) is 1. The van der Waals surface area contributed by atoms with Gasteiger partial charge in [-0.2, -0.15) is 0 Å². The molecule has 3 atom stereocenters. The van der Waals surface area contributed by atoms with Crippen LogP contribution in [0.5, 0.6) is 0 Å². The van der Waals surface area contributed by atoms with E-state index in [0.29, 0.717) is 18.0 Å². The number of nitrogens with one attached hydrogen (secondary N) is 1. The highest BCUT2D eigenvalue weighted by molar-refractivity contribution is 5.19. The van der Waals surface area contributed by atoms with E-state index < -0.39 is 0 Å². The van der Waals surface area contributed by atoms with Crippen LogP contribution in [0.3, 0.4) is 0 Å². The highest BCUT2D eigenvalue weighted by Crippen LogP contribution is 2.22. The molecule has 1 rings (SSSR count). The molecule has 0 amide bonds. The van der Waals surface area contributed by atoms with E-state index in [4.69, 9.17) is 4.74 Å². The van der Waals surface area contributed by atoms with E-state index in [2.05, 4.69) is 68.4 Å². The summed E-state index contributed by atoms with van der Waals surface area (Å²) in [7, 11) is 3.94. The third kappa shape index (κ3) is 5.23. The Hall–Kier alpha value is -0.900. The molecular weight excluding hydrogens is 248 g/mol. The standard InChI is InChI=1S/C17H30N2O/c1-6-18-17(16-10-8-7-9-11-16)14(2)12-19(4)15(3)13-20-5/h7-11,14-15,17-18H,6,12-13H2,1-5H3. The SMILES string of the molecule is CCNC(c1ccccc1)C(C)CN(C)C(C)COC. The van der Waals surface area contributed by atoms with Gasteiger partial charge in [-0.1, -0.05) is 44.2 Å². The van der Waals surface area contributed by atoms with E-state index in [1.54, 1.807) is 7.11 Å². The number of methoxy groups -OCH3 is 1. The molecule has 0 heterocycles. The summed E-state index contributed by atoms with van der Waals surface area (Å²) >= 11 is 0. The van der Waals surface area contributed by atoms with Crippen LogP contribution in [0.15, 0.2) is 30.3 Å². The number of rotatable bonds is 9. The summed E-state index contributed by atoms with van der Waals surface area (Å²) in [4.78, 5) is 2.38. The van der Waals surface area contributed by atoms with Crippen molar-refractivity contribution in [1.82, 2.24) is 10.2 Å². The van der Waals surface area contributed by atoms with E-state index in [0.717, 1.165) is 19.7 Å². The molecule has 0 aliphatic carbocycles. The second kappa shape index (κ2) is 9.11. The third-order valence-corrected chi connectivity index (χ3v) is 3.89. The predicted molar refractivity (Wildman–Crippen MR) is 86.0 cm³/mol. The van der Waals surface area contributed by atoms with Gasteiger partial charge in [0.2, 0.25) is 0 Å². The Morgan fingerprint density at radius 1 is 1.20 bits per heavy atom. The van der Waals surface area contributed by atoms with Gasteiger partial charge in [-0.25, -0.2) is 0 Å². The molecule has 3 unspecified atom stereocenters. The molecule has 1 N–H and O–H groups in total. The lowest BCUT2D eigenvalue weighted by atomic mass is 9.93. The van der Waals surface area contributed by atoms with Crippen molar-refractivity contribution in [2.45, 2.75) is 32.9 Å². The molecule has 0 aliphatic rings. The Bertz CT molecular complexity index is 355. The molecule has 20 heavy (non-hydrogen) atoms. The van der Waals surface area contributed by atoms with Crippen LogP contribution in [0, 0.1) is 5.92 Å². The maximum Gasteiger partial charge on any atom is 0.0615 e. The van der Waals surface area contributed by atoms with Gasteiger partial charge in [-0.15, -0.1) is 0 Å². The smallest absolute Gasteiger partial charge is 0.0615 e. The van der Waals surface area contributed by atoms with E-state index in [1.807, 2.05) is 0 Å². The zero-order valence-corrected chi connectivity index (χ0v) is 13.6. The average molecular weight is 278 g/mol. The van der Waals surface area contributed by atoms with Crippen LogP contribution in [0.4, 0.5) is 0 Å². The molecule has 1 aromatic rings. The van der Waals surface area contributed by atoms with Crippen molar-refractivity contribution in [1.29, 1.82) is 0 Å². The van der Waals surface area contributed by atoms with Crippen molar-refractivity contribution in [2.24, 2.45) is 5.92 Å². The summed E-state index contributed by atoms with van der Waals surface area (Å²) in [5, 5.41) is 3.62. The van der Waals surface area contributed by atoms with Crippen LogP contribution in [0.2, 0.25) is 0 Å². The lowest BCUT2D eigenvalue weighted by Gasteiger charge is -2.32. The topological polar surface area (TPSA) is 24.5 Å². The van der Waals surface area contributed by atoms with Crippen molar-refractivity contribution in [3.63, 3.8) is 0 Å². The lowest BCUT2D eigenvalue weighted by Crippen LogP contribution is -2.39. The normalized spacial score (nSPS) is 16.1. The maximum atomic E-state index is 5.24. The van der Waals surface area contributed by atoms with Crippen LogP contribution < -0.4 is 5.32 Å². The molecule has 0 fully saturated rings.